The number of rotatable bonds is 4. The fourth-order valence-electron chi connectivity index (χ4n) is 3.81. The summed E-state index contributed by atoms with van der Waals surface area (Å²) in [7, 11) is 0. The Labute approximate surface area is 137 Å². The Balaban J connectivity index is 1.61. The maximum absolute atomic E-state index is 12.3. The van der Waals surface area contributed by atoms with Crippen molar-refractivity contribution >= 4 is 0 Å². The average Bonchev–Trinajstić information content (AvgIpc) is 3.05. The normalized spacial score (nSPS) is 26.5. The summed E-state index contributed by atoms with van der Waals surface area (Å²) in [5, 5.41) is 4.05. The van der Waals surface area contributed by atoms with Gasteiger partial charge in [-0.1, -0.05) is 5.16 Å². The summed E-state index contributed by atoms with van der Waals surface area (Å²) in [6.07, 6.45) is 5.73. The van der Waals surface area contributed by atoms with Crippen LogP contribution in [0.2, 0.25) is 0 Å². The fourth-order valence-corrected chi connectivity index (χ4v) is 3.81. The van der Waals surface area contributed by atoms with Crippen molar-refractivity contribution in [1.29, 1.82) is 0 Å². The smallest absolute Gasteiger partial charge is 0.388 e. The second-order valence-electron chi connectivity index (χ2n) is 6.45. The van der Waals surface area contributed by atoms with Crippen molar-refractivity contribution in [2.24, 2.45) is 0 Å². The molecular formula is C16H18F2N4O2. The van der Waals surface area contributed by atoms with Crippen molar-refractivity contribution in [2.45, 2.75) is 37.7 Å². The summed E-state index contributed by atoms with van der Waals surface area (Å²) in [5.74, 6) is 0.868. The first-order valence-corrected chi connectivity index (χ1v) is 8.12. The molecule has 0 aromatic carbocycles. The Morgan fingerprint density at radius 2 is 2.04 bits per heavy atom. The van der Waals surface area contributed by atoms with Gasteiger partial charge in [-0.2, -0.15) is 13.8 Å². The van der Waals surface area contributed by atoms with Gasteiger partial charge in [0.05, 0.1) is 5.41 Å². The van der Waals surface area contributed by atoms with Gasteiger partial charge in [0.25, 0.3) is 0 Å². The van der Waals surface area contributed by atoms with Crippen LogP contribution in [0.1, 0.15) is 31.6 Å². The zero-order valence-electron chi connectivity index (χ0n) is 13.1. The summed E-state index contributed by atoms with van der Waals surface area (Å²) in [4.78, 5) is 10.8. The van der Waals surface area contributed by atoms with E-state index in [1.165, 1.54) is 12.3 Å². The van der Waals surface area contributed by atoms with Gasteiger partial charge in [-0.25, -0.2) is 4.98 Å². The number of hydrogen-bond donors (Lipinski definition) is 0. The molecule has 2 bridgehead atoms. The summed E-state index contributed by atoms with van der Waals surface area (Å²) < 4.78 is 34.5. The van der Waals surface area contributed by atoms with Crippen LogP contribution in [-0.2, 0) is 5.41 Å². The third-order valence-corrected chi connectivity index (χ3v) is 4.87. The van der Waals surface area contributed by atoms with Crippen LogP contribution in [0.5, 0.6) is 5.88 Å². The van der Waals surface area contributed by atoms with E-state index >= 15 is 0 Å². The molecule has 0 N–H and O–H groups in total. The van der Waals surface area contributed by atoms with Gasteiger partial charge in [-0.05, 0) is 44.8 Å². The fraction of sp³-hybridized carbons (Fsp3) is 0.562. The quantitative estimate of drug-likeness (QED) is 0.855. The molecule has 4 rings (SSSR count). The van der Waals surface area contributed by atoms with Gasteiger partial charge in [0.2, 0.25) is 17.6 Å². The summed E-state index contributed by atoms with van der Waals surface area (Å²) in [6, 6.07) is 3.05. The van der Waals surface area contributed by atoms with Crippen LogP contribution in [0.4, 0.5) is 8.78 Å². The third-order valence-electron chi connectivity index (χ3n) is 4.87. The molecule has 2 aromatic rings. The van der Waals surface area contributed by atoms with Crippen molar-refractivity contribution in [1.82, 2.24) is 20.0 Å². The molecule has 8 heteroatoms. The largest absolute Gasteiger partial charge is 0.417 e. The molecule has 0 spiro atoms. The van der Waals surface area contributed by atoms with E-state index in [1.807, 2.05) is 0 Å². The molecule has 2 aromatic heterocycles. The van der Waals surface area contributed by atoms with Crippen LogP contribution in [-0.4, -0.2) is 46.3 Å². The Bertz CT molecular complexity index is 712. The van der Waals surface area contributed by atoms with Gasteiger partial charge in [0.15, 0.2) is 0 Å². The highest BCUT2D eigenvalue weighted by atomic mass is 19.3. The first-order chi connectivity index (χ1) is 11.6. The van der Waals surface area contributed by atoms with E-state index in [1.54, 1.807) is 6.07 Å². The van der Waals surface area contributed by atoms with E-state index in [0.29, 0.717) is 17.3 Å². The molecule has 0 amide bonds. The van der Waals surface area contributed by atoms with Gasteiger partial charge in [-0.15, -0.1) is 0 Å². The van der Waals surface area contributed by atoms with Gasteiger partial charge in [0.1, 0.15) is 0 Å². The summed E-state index contributed by atoms with van der Waals surface area (Å²) >= 11 is 0. The molecule has 24 heavy (non-hydrogen) atoms. The molecule has 4 heterocycles. The number of halogens is 2. The molecule has 0 saturated carbocycles. The minimum Gasteiger partial charge on any atom is -0.417 e. The molecule has 0 aliphatic carbocycles. The topological polar surface area (TPSA) is 64.3 Å². The number of ether oxygens (including phenoxy) is 1. The van der Waals surface area contributed by atoms with Crippen LogP contribution in [0.15, 0.2) is 22.9 Å². The number of nitrogens with zero attached hydrogens (tertiary/aromatic N) is 4. The lowest BCUT2D eigenvalue weighted by atomic mass is 9.73. The van der Waals surface area contributed by atoms with E-state index in [2.05, 4.69) is 24.8 Å². The lowest BCUT2D eigenvalue weighted by molar-refractivity contribution is -0.0528. The molecule has 2 aliphatic heterocycles. The zero-order valence-corrected chi connectivity index (χ0v) is 13.1. The zero-order chi connectivity index (χ0) is 16.6. The SMILES string of the molecule is FC(F)Oc1cc(-c2noc(C34CCCN(CCC3)C4)n2)ccn1. The van der Waals surface area contributed by atoms with Gasteiger partial charge in [0, 0.05) is 24.4 Å². The lowest BCUT2D eigenvalue weighted by Gasteiger charge is -2.44. The van der Waals surface area contributed by atoms with Crippen molar-refractivity contribution in [3.8, 4) is 17.3 Å². The Morgan fingerprint density at radius 1 is 1.25 bits per heavy atom. The maximum Gasteiger partial charge on any atom is 0.388 e. The van der Waals surface area contributed by atoms with E-state index in [4.69, 9.17) is 4.52 Å². The number of aromatic nitrogens is 3. The number of alkyl halides is 2. The van der Waals surface area contributed by atoms with Crippen LogP contribution in [0.3, 0.4) is 0 Å². The third kappa shape index (κ3) is 2.86. The second-order valence-corrected chi connectivity index (χ2v) is 6.45. The molecule has 0 atom stereocenters. The Kier molecular flexibility index (Phi) is 3.91. The highest BCUT2D eigenvalue weighted by molar-refractivity contribution is 5.55. The second kappa shape index (κ2) is 6.08. The number of fused-ring (bicyclic) bond motifs is 2. The monoisotopic (exact) mass is 336 g/mol. The molecule has 0 unspecified atom stereocenters. The molecule has 128 valence electrons. The average molecular weight is 336 g/mol. The van der Waals surface area contributed by atoms with E-state index in [9.17, 15) is 8.78 Å². The van der Waals surface area contributed by atoms with Crippen molar-refractivity contribution < 1.29 is 18.0 Å². The van der Waals surface area contributed by atoms with E-state index in [0.717, 1.165) is 45.3 Å². The number of piperidine rings is 2. The maximum atomic E-state index is 12.3. The van der Waals surface area contributed by atoms with Crippen LogP contribution in [0.25, 0.3) is 11.4 Å². The molecule has 0 radical (unpaired) electrons. The Morgan fingerprint density at radius 3 is 2.79 bits per heavy atom. The molecule has 2 saturated heterocycles. The highest BCUT2D eigenvalue weighted by Crippen LogP contribution is 2.41. The van der Waals surface area contributed by atoms with Gasteiger partial charge < -0.3 is 14.2 Å². The number of hydrogen-bond acceptors (Lipinski definition) is 6. The predicted molar refractivity (Wildman–Crippen MR) is 80.7 cm³/mol. The van der Waals surface area contributed by atoms with Crippen molar-refractivity contribution in [3.05, 3.63) is 24.2 Å². The van der Waals surface area contributed by atoms with Crippen LogP contribution < -0.4 is 4.74 Å². The summed E-state index contributed by atoms with van der Waals surface area (Å²) in [6.45, 7) is 0.288. The highest BCUT2D eigenvalue weighted by Gasteiger charge is 2.44. The van der Waals surface area contributed by atoms with Gasteiger partial charge >= 0.3 is 6.61 Å². The molecule has 2 aliphatic rings. The Hall–Kier alpha value is -2.09. The van der Waals surface area contributed by atoms with E-state index in [-0.39, 0.29) is 11.3 Å². The molecule has 2 fully saturated rings. The van der Waals surface area contributed by atoms with Crippen LogP contribution >= 0.6 is 0 Å². The standard InChI is InChI=1S/C16H18F2N4O2/c17-15(18)23-12-9-11(3-6-19-12)13-20-14(24-21-13)16-4-1-7-22(10-16)8-2-5-16/h3,6,9,15H,1-2,4-5,7-8,10H2. The van der Waals surface area contributed by atoms with Crippen molar-refractivity contribution in [2.75, 3.05) is 19.6 Å². The first-order valence-electron chi connectivity index (χ1n) is 8.12. The van der Waals surface area contributed by atoms with Crippen molar-refractivity contribution in [3.63, 3.8) is 0 Å². The molecular weight excluding hydrogens is 318 g/mol. The number of pyridine rings is 1. The molecule has 6 nitrogen and oxygen atoms in total. The van der Waals surface area contributed by atoms with Gasteiger partial charge in [-0.3, -0.25) is 0 Å². The first kappa shape index (κ1) is 15.4. The minimum absolute atomic E-state index is 0.0723. The predicted octanol–water partition coefficient (Wildman–Crippen LogP) is 2.86. The minimum atomic E-state index is -2.91. The van der Waals surface area contributed by atoms with Crippen LogP contribution in [0, 0.1) is 0 Å². The van der Waals surface area contributed by atoms with E-state index < -0.39 is 6.61 Å². The lowest BCUT2D eigenvalue weighted by Crippen LogP contribution is -2.50. The summed E-state index contributed by atoms with van der Waals surface area (Å²) in [5.41, 5.74) is 0.479.